The normalized spacial score (nSPS) is 27.6. The molecule has 0 bridgehead atoms. The van der Waals surface area contributed by atoms with Crippen LogP contribution in [0.2, 0.25) is 0 Å². The molecule has 1 fully saturated rings. The number of carbonyl (C=O) groups is 1. The molecule has 0 heterocycles. The van der Waals surface area contributed by atoms with Crippen molar-refractivity contribution in [3.05, 3.63) is 0 Å². The Morgan fingerprint density at radius 3 is 2.80 bits per heavy atom. The number of hydrogen-bond acceptors (Lipinski definition) is 3. The van der Waals surface area contributed by atoms with Crippen LogP contribution in [0.15, 0.2) is 0 Å². The predicted octanol–water partition coefficient (Wildman–Crippen LogP) is -0.00140. The minimum Gasteiger partial charge on any atom is -0.355 e. The molecule has 1 saturated carbocycles. The van der Waals surface area contributed by atoms with Gasteiger partial charge in [-0.2, -0.15) is 0 Å². The largest absolute Gasteiger partial charge is 0.355 e. The van der Waals surface area contributed by atoms with E-state index in [1.54, 1.807) is 0 Å². The molecule has 0 spiro atoms. The van der Waals surface area contributed by atoms with Crippen LogP contribution in [0.25, 0.3) is 0 Å². The lowest BCUT2D eigenvalue weighted by atomic mass is 10.1. The summed E-state index contributed by atoms with van der Waals surface area (Å²) < 4.78 is 11.1. The molecule has 3 N–H and O–H groups in total. The van der Waals surface area contributed by atoms with Crippen molar-refractivity contribution >= 4 is 16.7 Å². The first-order valence-corrected chi connectivity index (χ1v) is 7.00. The summed E-state index contributed by atoms with van der Waals surface area (Å²) in [6.07, 6.45) is 2.63. The highest BCUT2D eigenvalue weighted by molar-refractivity contribution is 7.84. The van der Waals surface area contributed by atoms with Gasteiger partial charge in [-0.25, -0.2) is 0 Å². The molecule has 3 atom stereocenters. The summed E-state index contributed by atoms with van der Waals surface area (Å²) in [4.78, 5) is 11.6. The van der Waals surface area contributed by atoms with E-state index in [-0.39, 0.29) is 17.9 Å². The van der Waals surface area contributed by atoms with Gasteiger partial charge in [0.05, 0.1) is 0 Å². The Morgan fingerprint density at radius 2 is 2.27 bits per heavy atom. The van der Waals surface area contributed by atoms with Crippen LogP contribution in [0, 0.1) is 5.92 Å². The molecule has 0 aromatic heterocycles. The molecule has 0 saturated heterocycles. The van der Waals surface area contributed by atoms with Crippen LogP contribution in [0.1, 0.15) is 26.2 Å². The Bertz CT molecular complexity index is 246. The third-order valence-corrected chi connectivity index (χ3v) is 4.10. The van der Waals surface area contributed by atoms with E-state index < -0.39 is 10.8 Å². The summed E-state index contributed by atoms with van der Waals surface area (Å²) in [5.41, 5.74) is 5.73. The van der Waals surface area contributed by atoms with Crippen LogP contribution in [-0.2, 0) is 15.6 Å². The summed E-state index contributed by atoms with van der Waals surface area (Å²) in [5, 5.41) is 2.82. The van der Waals surface area contributed by atoms with Crippen LogP contribution in [0.4, 0.5) is 0 Å². The van der Waals surface area contributed by atoms with Crippen molar-refractivity contribution in [1.82, 2.24) is 5.32 Å². The van der Waals surface area contributed by atoms with Gasteiger partial charge in [0.1, 0.15) is 0 Å². The van der Waals surface area contributed by atoms with Crippen molar-refractivity contribution in [1.29, 1.82) is 0 Å². The van der Waals surface area contributed by atoms with Gasteiger partial charge in [-0.3, -0.25) is 9.00 Å². The van der Waals surface area contributed by atoms with Gasteiger partial charge in [-0.1, -0.05) is 6.92 Å². The fourth-order valence-electron chi connectivity index (χ4n) is 1.83. The van der Waals surface area contributed by atoms with Gasteiger partial charge >= 0.3 is 0 Å². The Morgan fingerprint density at radius 1 is 1.53 bits per heavy atom. The van der Waals surface area contributed by atoms with Crippen molar-refractivity contribution in [2.45, 2.75) is 32.2 Å². The van der Waals surface area contributed by atoms with Crippen molar-refractivity contribution in [2.24, 2.45) is 11.7 Å². The highest BCUT2D eigenvalue weighted by Crippen LogP contribution is 2.23. The van der Waals surface area contributed by atoms with E-state index in [0.29, 0.717) is 18.1 Å². The van der Waals surface area contributed by atoms with Crippen molar-refractivity contribution in [2.75, 3.05) is 18.1 Å². The molecule has 1 rings (SSSR count). The Kier molecular flexibility index (Phi) is 5.25. The van der Waals surface area contributed by atoms with Gasteiger partial charge < -0.3 is 11.1 Å². The van der Waals surface area contributed by atoms with E-state index in [4.69, 9.17) is 5.73 Å². The Hall–Kier alpha value is -0.420. The summed E-state index contributed by atoms with van der Waals surface area (Å²) in [5.74, 6) is 1.37. The number of rotatable bonds is 5. The summed E-state index contributed by atoms with van der Waals surface area (Å²) in [7, 11) is -0.791. The van der Waals surface area contributed by atoms with E-state index in [1.165, 1.54) is 0 Å². The minimum atomic E-state index is -0.791. The second kappa shape index (κ2) is 6.23. The first kappa shape index (κ1) is 12.6. The van der Waals surface area contributed by atoms with E-state index in [0.717, 1.165) is 19.3 Å². The van der Waals surface area contributed by atoms with Gasteiger partial charge in [0.2, 0.25) is 5.91 Å². The topological polar surface area (TPSA) is 72.2 Å². The van der Waals surface area contributed by atoms with Gasteiger partial charge in [0.15, 0.2) is 0 Å². The van der Waals surface area contributed by atoms with Crippen LogP contribution in [0.5, 0.6) is 0 Å². The smallest absolute Gasteiger partial charge is 0.223 e. The first-order valence-electron chi connectivity index (χ1n) is 5.51. The molecular formula is C10H20N2O2S. The van der Waals surface area contributed by atoms with E-state index in [2.05, 4.69) is 5.32 Å². The maximum Gasteiger partial charge on any atom is 0.223 e. The van der Waals surface area contributed by atoms with Crippen molar-refractivity contribution in [3.8, 4) is 0 Å². The molecular weight excluding hydrogens is 212 g/mol. The number of hydrogen-bond donors (Lipinski definition) is 2. The summed E-state index contributed by atoms with van der Waals surface area (Å²) in [6.45, 7) is 2.40. The predicted molar refractivity (Wildman–Crippen MR) is 61.9 cm³/mol. The summed E-state index contributed by atoms with van der Waals surface area (Å²) >= 11 is 0. The lowest BCUT2D eigenvalue weighted by molar-refractivity contribution is -0.124. The number of carbonyl (C=O) groups excluding carboxylic acids is 1. The van der Waals surface area contributed by atoms with Gasteiger partial charge in [0, 0.05) is 40.8 Å². The van der Waals surface area contributed by atoms with Crippen LogP contribution < -0.4 is 11.1 Å². The minimum absolute atomic E-state index is 0.0788. The maximum absolute atomic E-state index is 11.6. The van der Waals surface area contributed by atoms with E-state index >= 15 is 0 Å². The van der Waals surface area contributed by atoms with Crippen LogP contribution >= 0.6 is 0 Å². The molecule has 0 aromatic rings. The lowest BCUT2D eigenvalue weighted by Gasteiger charge is -2.10. The average Bonchev–Trinajstić information content (AvgIpc) is 2.64. The van der Waals surface area contributed by atoms with E-state index in [1.807, 2.05) is 6.92 Å². The zero-order chi connectivity index (χ0) is 11.3. The van der Waals surface area contributed by atoms with Crippen molar-refractivity contribution in [3.63, 3.8) is 0 Å². The van der Waals surface area contributed by atoms with Gasteiger partial charge in [-0.05, 0) is 19.3 Å². The maximum atomic E-state index is 11.6. The molecule has 4 nitrogen and oxygen atoms in total. The highest BCUT2D eigenvalue weighted by atomic mass is 32.2. The average molecular weight is 232 g/mol. The second-order valence-corrected chi connectivity index (χ2v) is 5.86. The number of amides is 1. The van der Waals surface area contributed by atoms with Crippen molar-refractivity contribution < 1.29 is 9.00 Å². The van der Waals surface area contributed by atoms with Crippen LogP contribution in [0.3, 0.4) is 0 Å². The van der Waals surface area contributed by atoms with E-state index in [9.17, 15) is 9.00 Å². The molecule has 1 aliphatic rings. The van der Waals surface area contributed by atoms with Gasteiger partial charge in [-0.15, -0.1) is 0 Å². The SMILES string of the molecule is CCS(=O)CCNC(=O)C1CCC(N)C1. The number of nitrogens with one attached hydrogen (secondary N) is 1. The lowest BCUT2D eigenvalue weighted by Crippen LogP contribution is -2.33. The molecule has 5 heteroatoms. The molecule has 1 amide bonds. The standard InChI is InChI=1S/C10H20N2O2S/c1-2-15(14)6-5-12-10(13)8-3-4-9(11)7-8/h8-9H,2-7,11H2,1H3,(H,12,13). The third-order valence-electron chi connectivity index (χ3n) is 2.79. The molecule has 0 aliphatic heterocycles. The van der Waals surface area contributed by atoms with Crippen LogP contribution in [-0.4, -0.2) is 34.2 Å². The second-order valence-electron chi connectivity index (χ2n) is 3.99. The monoisotopic (exact) mass is 232 g/mol. The molecule has 88 valence electrons. The molecule has 3 unspecified atom stereocenters. The Balaban J connectivity index is 2.16. The highest BCUT2D eigenvalue weighted by Gasteiger charge is 2.27. The first-order chi connectivity index (χ1) is 7.13. The molecule has 15 heavy (non-hydrogen) atoms. The molecule has 0 radical (unpaired) electrons. The Labute approximate surface area is 93.4 Å². The fraction of sp³-hybridized carbons (Fsp3) is 0.900. The molecule has 0 aromatic carbocycles. The quantitative estimate of drug-likeness (QED) is 0.701. The zero-order valence-corrected chi connectivity index (χ0v) is 10.0. The molecule has 1 aliphatic carbocycles. The summed E-state index contributed by atoms with van der Waals surface area (Å²) in [6, 6.07) is 0.186. The fourth-order valence-corrected chi connectivity index (χ4v) is 2.45. The third kappa shape index (κ3) is 4.30. The number of nitrogens with two attached hydrogens (primary N) is 1. The van der Waals surface area contributed by atoms with Gasteiger partial charge in [0.25, 0.3) is 0 Å². The zero-order valence-electron chi connectivity index (χ0n) is 9.20.